The Labute approximate surface area is 151 Å². The molecule has 2 aliphatic heterocycles. The highest BCUT2D eigenvalue weighted by Crippen LogP contribution is 2.26. The molecule has 1 aromatic rings. The highest BCUT2D eigenvalue weighted by molar-refractivity contribution is 5.04. The monoisotopic (exact) mass is 351 g/mol. The van der Waals surface area contributed by atoms with E-state index >= 15 is 0 Å². The Balaban J connectivity index is 1.56. The highest BCUT2D eigenvalue weighted by Gasteiger charge is 2.26. The van der Waals surface area contributed by atoms with Crippen LogP contribution >= 0.6 is 0 Å². The van der Waals surface area contributed by atoms with Crippen LogP contribution in [0.3, 0.4) is 0 Å². The van der Waals surface area contributed by atoms with E-state index < -0.39 is 0 Å². The summed E-state index contributed by atoms with van der Waals surface area (Å²) in [7, 11) is 3.87. The minimum absolute atomic E-state index is 0.127. The third-order valence-corrected chi connectivity index (χ3v) is 5.61. The number of aliphatic hydroxyl groups excluding tert-OH is 1. The number of hydrogen-bond acceptors (Lipinski definition) is 6. The van der Waals surface area contributed by atoms with Crippen LogP contribution in [-0.4, -0.2) is 82.2 Å². The molecule has 0 spiro atoms. The van der Waals surface area contributed by atoms with Crippen molar-refractivity contribution in [3.8, 4) is 0 Å². The first-order valence-corrected chi connectivity index (χ1v) is 9.67. The molecular weight excluding hydrogens is 318 g/mol. The van der Waals surface area contributed by atoms with Crippen molar-refractivity contribution in [3.05, 3.63) is 11.6 Å². The molecular formula is C18H33N5O2. The van der Waals surface area contributed by atoms with E-state index in [0.717, 1.165) is 70.2 Å². The Bertz CT molecular complexity index is 528. The van der Waals surface area contributed by atoms with Gasteiger partial charge in [-0.1, -0.05) is 0 Å². The fourth-order valence-corrected chi connectivity index (χ4v) is 4.05. The van der Waals surface area contributed by atoms with Crippen LogP contribution < -0.4 is 0 Å². The average molecular weight is 351 g/mol. The average Bonchev–Trinajstić information content (AvgIpc) is 2.98. The van der Waals surface area contributed by atoms with Gasteiger partial charge in [-0.2, -0.15) is 0 Å². The van der Waals surface area contributed by atoms with Crippen molar-refractivity contribution in [2.45, 2.75) is 50.7 Å². The number of nitrogens with zero attached hydrogens (tertiary/aromatic N) is 5. The molecule has 25 heavy (non-hydrogen) atoms. The fourth-order valence-electron chi connectivity index (χ4n) is 4.05. The minimum Gasteiger partial charge on any atom is -0.393 e. The second-order valence-corrected chi connectivity index (χ2v) is 7.53. The lowest BCUT2D eigenvalue weighted by molar-refractivity contribution is 0.0775. The van der Waals surface area contributed by atoms with Crippen LogP contribution in [0.25, 0.3) is 0 Å². The van der Waals surface area contributed by atoms with E-state index in [1.807, 2.05) is 0 Å². The zero-order valence-corrected chi connectivity index (χ0v) is 15.7. The summed E-state index contributed by atoms with van der Waals surface area (Å²) >= 11 is 0. The summed E-state index contributed by atoms with van der Waals surface area (Å²) in [6, 6.07) is 0. The van der Waals surface area contributed by atoms with Crippen molar-refractivity contribution >= 4 is 0 Å². The van der Waals surface area contributed by atoms with Gasteiger partial charge in [0.05, 0.1) is 12.6 Å². The third kappa shape index (κ3) is 5.00. The van der Waals surface area contributed by atoms with Gasteiger partial charge in [-0.15, -0.1) is 10.2 Å². The number of aromatic nitrogens is 3. The predicted molar refractivity (Wildman–Crippen MR) is 96.4 cm³/mol. The highest BCUT2D eigenvalue weighted by atomic mass is 16.5. The summed E-state index contributed by atoms with van der Waals surface area (Å²) in [5.74, 6) is 2.65. The van der Waals surface area contributed by atoms with E-state index in [0.29, 0.717) is 5.92 Å². The minimum atomic E-state index is -0.127. The van der Waals surface area contributed by atoms with Gasteiger partial charge in [-0.05, 0) is 38.6 Å². The Kier molecular flexibility index (Phi) is 6.81. The van der Waals surface area contributed by atoms with Crippen LogP contribution in [-0.2, 0) is 18.3 Å². The van der Waals surface area contributed by atoms with Crippen LogP contribution in [0.15, 0.2) is 0 Å². The molecule has 3 heterocycles. The molecule has 0 amide bonds. The van der Waals surface area contributed by atoms with E-state index in [9.17, 15) is 5.11 Å². The number of likely N-dealkylation sites (tertiary alicyclic amines) is 2. The molecule has 2 saturated heterocycles. The van der Waals surface area contributed by atoms with Gasteiger partial charge >= 0.3 is 0 Å². The second kappa shape index (κ2) is 9.07. The molecule has 7 heteroatoms. The lowest BCUT2D eigenvalue weighted by Gasteiger charge is -2.32. The van der Waals surface area contributed by atoms with E-state index in [1.54, 1.807) is 7.11 Å². The number of methoxy groups -OCH3 is 1. The number of hydrogen-bond donors (Lipinski definition) is 1. The molecule has 7 nitrogen and oxygen atoms in total. The van der Waals surface area contributed by atoms with Crippen molar-refractivity contribution < 1.29 is 9.84 Å². The van der Waals surface area contributed by atoms with Crippen molar-refractivity contribution in [2.75, 3.05) is 46.4 Å². The van der Waals surface area contributed by atoms with Crippen molar-refractivity contribution in [3.63, 3.8) is 0 Å². The largest absolute Gasteiger partial charge is 0.393 e. The van der Waals surface area contributed by atoms with Crippen LogP contribution in [0.4, 0.5) is 0 Å². The van der Waals surface area contributed by atoms with Gasteiger partial charge in [-0.3, -0.25) is 4.90 Å². The summed E-state index contributed by atoms with van der Waals surface area (Å²) in [4.78, 5) is 4.91. The first kappa shape index (κ1) is 18.8. The molecule has 0 saturated carbocycles. The number of rotatable bonds is 7. The lowest BCUT2D eigenvalue weighted by Crippen LogP contribution is -2.37. The quantitative estimate of drug-likeness (QED) is 0.739. The van der Waals surface area contributed by atoms with Crippen molar-refractivity contribution in [1.82, 2.24) is 24.6 Å². The molecule has 1 aromatic heterocycles. The number of ether oxygens (including phenoxy) is 1. The van der Waals surface area contributed by atoms with Crippen molar-refractivity contribution in [1.29, 1.82) is 0 Å². The molecule has 0 aliphatic carbocycles. The summed E-state index contributed by atoms with van der Waals surface area (Å²) in [6.07, 6.45) is 5.12. The van der Waals surface area contributed by atoms with Gasteiger partial charge in [0.2, 0.25) is 0 Å². The molecule has 0 radical (unpaired) electrons. The molecule has 1 atom stereocenters. The Hall–Kier alpha value is -1.02. The van der Waals surface area contributed by atoms with E-state index in [2.05, 4.69) is 31.6 Å². The third-order valence-electron chi connectivity index (χ3n) is 5.61. The summed E-state index contributed by atoms with van der Waals surface area (Å²) < 4.78 is 7.37. The Morgan fingerprint density at radius 1 is 1.12 bits per heavy atom. The fraction of sp³-hybridized carbons (Fsp3) is 0.889. The van der Waals surface area contributed by atoms with Crippen LogP contribution in [0.1, 0.15) is 49.7 Å². The van der Waals surface area contributed by atoms with E-state index in [-0.39, 0.29) is 6.10 Å². The van der Waals surface area contributed by atoms with Gasteiger partial charge < -0.3 is 19.3 Å². The summed E-state index contributed by atoms with van der Waals surface area (Å²) in [6.45, 7) is 6.91. The Morgan fingerprint density at radius 2 is 1.92 bits per heavy atom. The summed E-state index contributed by atoms with van der Waals surface area (Å²) in [5, 5.41) is 18.7. The second-order valence-electron chi connectivity index (χ2n) is 7.53. The normalized spacial score (nSPS) is 24.0. The zero-order chi connectivity index (χ0) is 17.6. The molecule has 142 valence electrons. The maximum absolute atomic E-state index is 9.65. The van der Waals surface area contributed by atoms with Crippen molar-refractivity contribution in [2.24, 2.45) is 7.05 Å². The molecule has 3 rings (SSSR count). The topological polar surface area (TPSA) is 66.7 Å². The maximum atomic E-state index is 9.65. The van der Waals surface area contributed by atoms with E-state index in [4.69, 9.17) is 4.74 Å². The predicted octanol–water partition coefficient (Wildman–Crippen LogP) is 0.988. The molecule has 0 bridgehead atoms. The molecule has 0 aromatic carbocycles. The number of aliphatic hydroxyl groups is 1. The zero-order valence-electron chi connectivity index (χ0n) is 15.7. The molecule has 1 N–H and O–H groups in total. The van der Waals surface area contributed by atoms with Crippen LogP contribution in [0, 0.1) is 0 Å². The SMILES string of the molecule is COCCCN1CCCC(c2nnc(CN3CCC(O)CC3)n2C)C1. The van der Waals surface area contributed by atoms with Gasteiger partial charge in [0, 0.05) is 52.9 Å². The van der Waals surface area contributed by atoms with Gasteiger partial charge in [-0.25, -0.2) is 0 Å². The molecule has 2 aliphatic rings. The van der Waals surface area contributed by atoms with Gasteiger partial charge in [0.1, 0.15) is 11.6 Å². The number of piperidine rings is 2. The van der Waals surface area contributed by atoms with Crippen LogP contribution in [0.5, 0.6) is 0 Å². The Morgan fingerprint density at radius 3 is 2.68 bits per heavy atom. The van der Waals surface area contributed by atoms with Gasteiger partial charge in [0.15, 0.2) is 0 Å². The molecule has 1 unspecified atom stereocenters. The van der Waals surface area contributed by atoms with E-state index in [1.165, 1.54) is 19.4 Å². The lowest BCUT2D eigenvalue weighted by atomic mass is 9.97. The standard InChI is InChI=1S/C18H33N5O2/c1-21-17(14-23-10-6-16(24)7-11-23)19-20-18(21)15-5-3-8-22(13-15)9-4-12-25-2/h15-16,24H,3-14H2,1-2H3. The first-order chi connectivity index (χ1) is 12.2. The maximum Gasteiger partial charge on any atom is 0.146 e. The van der Waals surface area contributed by atoms with Gasteiger partial charge in [0.25, 0.3) is 0 Å². The smallest absolute Gasteiger partial charge is 0.146 e. The first-order valence-electron chi connectivity index (χ1n) is 9.67. The van der Waals surface area contributed by atoms with Crippen LogP contribution in [0.2, 0.25) is 0 Å². The summed E-state index contributed by atoms with van der Waals surface area (Å²) in [5.41, 5.74) is 0. The molecule has 2 fully saturated rings.